The number of esters is 1. The first-order valence-corrected chi connectivity index (χ1v) is 16.9. The molecule has 240 valence electrons. The maximum absolute atomic E-state index is 15.3. The highest BCUT2D eigenvalue weighted by molar-refractivity contribution is 7.89. The first-order valence-electron chi connectivity index (χ1n) is 14.9. The van der Waals surface area contributed by atoms with E-state index >= 15 is 4.39 Å². The number of benzene rings is 2. The second-order valence-corrected chi connectivity index (χ2v) is 14.5. The van der Waals surface area contributed by atoms with Crippen molar-refractivity contribution in [1.29, 1.82) is 0 Å². The molecule has 0 aromatic heterocycles. The van der Waals surface area contributed by atoms with Crippen LogP contribution in [0, 0.1) is 17.7 Å². The average molecular weight is 656 g/mol. The van der Waals surface area contributed by atoms with Crippen molar-refractivity contribution < 1.29 is 35.9 Å². The second kappa shape index (κ2) is 13.4. The van der Waals surface area contributed by atoms with E-state index in [4.69, 9.17) is 16.3 Å². The van der Waals surface area contributed by atoms with Crippen LogP contribution in [0.3, 0.4) is 0 Å². The van der Waals surface area contributed by atoms with Gasteiger partial charge >= 0.3 is 5.97 Å². The Labute approximate surface area is 260 Å². The van der Waals surface area contributed by atoms with Gasteiger partial charge in [0.1, 0.15) is 5.82 Å². The molecule has 3 unspecified atom stereocenters. The van der Waals surface area contributed by atoms with E-state index < -0.39 is 64.2 Å². The van der Waals surface area contributed by atoms with Crippen molar-refractivity contribution in [2.45, 2.75) is 68.9 Å². The molecule has 44 heavy (non-hydrogen) atoms. The number of carbonyl (C=O) groups is 2. The number of piperazine rings is 1. The lowest BCUT2D eigenvalue weighted by atomic mass is 9.65. The topological polar surface area (TPSA) is 105 Å². The predicted molar refractivity (Wildman–Crippen MR) is 161 cm³/mol. The van der Waals surface area contributed by atoms with Crippen molar-refractivity contribution >= 4 is 39.2 Å². The highest BCUT2D eigenvalue weighted by Gasteiger charge is 2.52. The molecule has 2 aliphatic heterocycles. The van der Waals surface area contributed by atoms with Gasteiger partial charge in [0.15, 0.2) is 0 Å². The molecule has 2 aromatic carbocycles. The van der Waals surface area contributed by atoms with Gasteiger partial charge in [-0.15, -0.1) is 0 Å². The third-order valence-electron chi connectivity index (χ3n) is 9.14. The van der Waals surface area contributed by atoms with Crippen LogP contribution in [0.25, 0.3) is 0 Å². The van der Waals surface area contributed by atoms with Crippen LogP contribution in [0.5, 0.6) is 0 Å². The van der Waals surface area contributed by atoms with Gasteiger partial charge in [-0.1, -0.05) is 29.8 Å². The van der Waals surface area contributed by atoms with Gasteiger partial charge in [-0.2, -0.15) is 4.31 Å². The first-order chi connectivity index (χ1) is 20.9. The van der Waals surface area contributed by atoms with Crippen molar-refractivity contribution in [1.82, 2.24) is 9.62 Å². The summed E-state index contributed by atoms with van der Waals surface area (Å²) < 4.78 is 75.5. The maximum atomic E-state index is 15.3. The largest absolute Gasteiger partial charge is 0.469 e. The number of sulfonamides is 1. The molecule has 2 heterocycles. The van der Waals surface area contributed by atoms with Crippen LogP contribution in [-0.2, 0) is 30.8 Å². The minimum atomic E-state index is -3.44. The Morgan fingerprint density at radius 1 is 1.18 bits per heavy atom. The fourth-order valence-corrected chi connectivity index (χ4v) is 8.77. The van der Waals surface area contributed by atoms with E-state index in [2.05, 4.69) is 10.6 Å². The number of halogens is 4. The molecule has 3 fully saturated rings. The number of methoxy groups -OCH3 is 1. The molecule has 13 heteroatoms. The Morgan fingerprint density at radius 2 is 1.91 bits per heavy atom. The molecule has 2 bridgehead atoms. The predicted octanol–water partition coefficient (Wildman–Crippen LogP) is 5.12. The maximum Gasteiger partial charge on any atom is 0.306 e. The molecule has 0 spiro atoms. The molecule has 2 aromatic rings. The average Bonchev–Trinajstić information content (AvgIpc) is 3.08. The van der Waals surface area contributed by atoms with E-state index in [1.165, 1.54) is 29.6 Å². The van der Waals surface area contributed by atoms with Gasteiger partial charge in [-0.3, -0.25) is 9.59 Å². The first kappa shape index (κ1) is 32.7. The highest BCUT2D eigenvalue weighted by Crippen LogP contribution is 2.52. The van der Waals surface area contributed by atoms with Gasteiger partial charge in [0, 0.05) is 54.3 Å². The summed E-state index contributed by atoms with van der Waals surface area (Å²) in [7, 11) is -2.25. The smallest absolute Gasteiger partial charge is 0.306 e. The Kier molecular flexibility index (Phi) is 9.93. The number of carbonyl (C=O) groups excluding carboxylic acids is 2. The monoisotopic (exact) mass is 655 g/mol. The SMILES string of the molecule is COC(=O)C[C@H](C(=O)Nc1cccc(F)c1CCC1CNC2CCCS(=O)(=O)N1C2)[C@@H](c1ccc(Cl)cc1)C1CC(F)(F)C1. The molecule has 1 amide bonds. The Morgan fingerprint density at radius 3 is 2.59 bits per heavy atom. The van der Waals surface area contributed by atoms with Gasteiger partial charge in [-0.05, 0) is 67.3 Å². The molecule has 1 aliphatic carbocycles. The number of nitrogens with one attached hydrogen (secondary N) is 2. The van der Waals surface area contributed by atoms with Crippen molar-refractivity contribution in [3.05, 3.63) is 64.4 Å². The minimum absolute atomic E-state index is 0.0754. The number of nitrogens with zero attached hydrogens (tertiary/aromatic N) is 1. The van der Waals surface area contributed by atoms with Gasteiger partial charge in [0.05, 0.1) is 25.2 Å². The number of fused-ring (bicyclic) bond motifs is 2. The Hall–Kier alpha value is -2.67. The fraction of sp³-hybridized carbons (Fsp3) is 0.548. The van der Waals surface area contributed by atoms with E-state index in [0.29, 0.717) is 36.5 Å². The lowest BCUT2D eigenvalue weighted by Gasteiger charge is -2.43. The van der Waals surface area contributed by atoms with E-state index in [-0.39, 0.29) is 41.9 Å². The summed E-state index contributed by atoms with van der Waals surface area (Å²) in [5, 5.41) is 6.61. The molecule has 0 radical (unpaired) electrons. The Balaban J connectivity index is 1.40. The lowest BCUT2D eigenvalue weighted by molar-refractivity contribution is -0.147. The molecule has 8 nitrogen and oxygen atoms in total. The summed E-state index contributed by atoms with van der Waals surface area (Å²) >= 11 is 6.07. The van der Waals surface area contributed by atoms with Gasteiger partial charge in [-0.25, -0.2) is 21.6 Å². The number of ether oxygens (including phenoxy) is 1. The van der Waals surface area contributed by atoms with Crippen LogP contribution in [0.4, 0.5) is 18.9 Å². The molecule has 2 N–H and O–H groups in total. The van der Waals surface area contributed by atoms with Crippen molar-refractivity contribution in [2.24, 2.45) is 11.8 Å². The number of anilines is 1. The summed E-state index contributed by atoms with van der Waals surface area (Å²) in [6.45, 7) is 0.811. The number of alkyl halides is 2. The van der Waals surface area contributed by atoms with Crippen LogP contribution in [0.2, 0.25) is 5.02 Å². The van der Waals surface area contributed by atoms with Crippen LogP contribution in [0.1, 0.15) is 55.6 Å². The standard InChI is InChI=1S/C31H37ClF3N3O5S/c1-43-28(39)14-25(29(20-15-31(34,35)16-20)19-7-9-21(32)10-8-19)30(40)37-27-6-2-5-26(33)24(27)12-11-23-17-36-22-4-3-13-44(41,42)38(23)18-22/h2,5-10,20,22-23,25,29,36H,3-4,11-18H2,1H3,(H,37,40)/t22?,23?,25-,29-/m0/s1. The zero-order valence-electron chi connectivity index (χ0n) is 24.4. The van der Waals surface area contributed by atoms with Crippen LogP contribution >= 0.6 is 11.6 Å². The van der Waals surface area contributed by atoms with E-state index in [1.807, 2.05) is 0 Å². The van der Waals surface area contributed by atoms with Crippen LogP contribution < -0.4 is 10.6 Å². The second-order valence-electron chi connectivity index (χ2n) is 12.1. The number of rotatable bonds is 10. The zero-order valence-corrected chi connectivity index (χ0v) is 26.0. The van der Waals surface area contributed by atoms with Crippen LogP contribution in [-0.4, -0.2) is 68.6 Å². The van der Waals surface area contributed by atoms with Gasteiger partial charge < -0.3 is 15.4 Å². The van der Waals surface area contributed by atoms with E-state index in [1.54, 1.807) is 24.3 Å². The molecule has 1 saturated carbocycles. The molecule has 3 aliphatic rings. The third kappa shape index (κ3) is 7.41. The molecule has 5 rings (SSSR count). The van der Waals surface area contributed by atoms with E-state index in [0.717, 1.165) is 6.42 Å². The fourth-order valence-electron chi connectivity index (χ4n) is 6.84. The molecular formula is C31H37ClF3N3O5S. The van der Waals surface area contributed by atoms with Gasteiger partial charge in [0.25, 0.3) is 0 Å². The summed E-state index contributed by atoms with van der Waals surface area (Å²) in [5.41, 5.74) is 0.962. The summed E-state index contributed by atoms with van der Waals surface area (Å²) in [4.78, 5) is 26.4. The van der Waals surface area contributed by atoms with E-state index in [9.17, 15) is 26.8 Å². The van der Waals surface area contributed by atoms with Gasteiger partial charge in [0.2, 0.25) is 21.9 Å². The minimum Gasteiger partial charge on any atom is -0.469 e. The van der Waals surface area contributed by atoms with Crippen LogP contribution in [0.15, 0.2) is 42.5 Å². The number of hydrogen-bond acceptors (Lipinski definition) is 6. The number of amides is 1. The molecule has 2 saturated heterocycles. The number of hydrogen-bond donors (Lipinski definition) is 2. The zero-order chi connectivity index (χ0) is 31.6. The quantitative estimate of drug-likeness (QED) is 0.344. The summed E-state index contributed by atoms with van der Waals surface area (Å²) in [6, 6.07) is 10.5. The summed E-state index contributed by atoms with van der Waals surface area (Å²) in [5.74, 6) is -7.11. The van der Waals surface area contributed by atoms with Crippen molar-refractivity contribution in [2.75, 3.05) is 31.3 Å². The highest BCUT2D eigenvalue weighted by atomic mass is 35.5. The Bertz CT molecular complexity index is 1470. The molecular weight excluding hydrogens is 619 g/mol. The van der Waals surface area contributed by atoms with Crippen molar-refractivity contribution in [3.63, 3.8) is 0 Å². The molecule has 5 atom stereocenters. The van der Waals surface area contributed by atoms with Crippen molar-refractivity contribution in [3.8, 4) is 0 Å². The summed E-state index contributed by atoms with van der Waals surface area (Å²) in [6.07, 6.45) is 0.562. The third-order valence-corrected chi connectivity index (χ3v) is 11.4. The lowest BCUT2D eigenvalue weighted by Crippen LogP contribution is -2.57. The normalized spacial score (nSPS) is 25.6.